The lowest BCUT2D eigenvalue weighted by Gasteiger charge is -2.15. The first-order valence-corrected chi connectivity index (χ1v) is 4.14. The van der Waals surface area contributed by atoms with Crippen molar-refractivity contribution in [3.63, 3.8) is 0 Å². The van der Waals surface area contributed by atoms with E-state index in [2.05, 4.69) is 10.6 Å². The lowest BCUT2D eigenvalue weighted by atomic mass is 10.5. The highest BCUT2D eigenvalue weighted by Crippen LogP contribution is 1.79. The fourth-order valence-electron chi connectivity index (χ4n) is 0.819. The van der Waals surface area contributed by atoms with Crippen molar-refractivity contribution in [2.45, 2.75) is 0 Å². The minimum atomic E-state index is -1.05. The van der Waals surface area contributed by atoms with E-state index in [1.54, 1.807) is 7.05 Å². The van der Waals surface area contributed by atoms with Gasteiger partial charge in [0.05, 0.1) is 0 Å². The van der Waals surface area contributed by atoms with Crippen LogP contribution >= 0.6 is 0 Å². The summed E-state index contributed by atoms with van der Waals surface area (Å²) in [7, 11) is 1.78. The van der Waals surface area contributed by atoms with Crippen LogP contribution in [0.5, 0.6) is 0 Å². The Kier molecular flexibility index (Phi) is 6.21. The number of likely N-dealkylation sites (N-methyl/N-ethyl adjacent to an activating group) is 1. The Balaban J connectivity index is 3.32. The van der Waals surface area contributed by atoms with E-state index >= 15 is 0 Å². The highest BCUT2D eigenvalue weighted by atomic mass is 16.4. The normalized spacial score (nSPS) is 9.86. The molecule has 0 fully saturated rings. The molecule has 4 N–H and O–H groups in total. The van der Waals surface area contributed by atoms with E-state index in [9.17, 15) is 9.59 Å². The number of hydrogen-bond acceptors (Lipinski definition) is 3. The van der Waals surface area contributed by atoms with Crippen molar-refractivity contribution < 1.29 is 19.8 Å². The SMILES string of the molecule is CN(CCNC(=O)O)CCNC(=O)O. The molecule has 0 unspecified atom stereocenters. The van der Waals surface area contributed by atoms with E-state index in [1.165, 1.54) is 0 Å². The molecular weight excluding hydrogens is 190 g/mol. The largest absolute Gasteiger partial charge is 0.465 e. The topological polar surface area (TPSA) is 102 Å². The number of rotatable bonds is 6. The summed E-state index contributed by atoms with van der Waals surface area (Å²) < 4.78 is 0. The zero-order valence-electron chi connectivity index (χ0n) is 7.99. The molecule has 14 heavy (non-hydrogen) atoms. The highest BCUT2D eigenvalue weighted by molar-refractivity contribution is 5.64. The van der Waals surface area contributed by atoms with E-state index in [4.69, 9.17) is 10.2 Å². The van der Waals surface area contributed by atoms with Gasteiger partial charge in [0, 0.05) is 26.2 Å². The third kappa shape index (κ3) is 8.60. The van der Waals surface area contributed by atoms with Crippen molar-refractivity contribution in [1.82, 2.24) is 15.5 Å². The standard InChI is InChI=1S/C7H15N3O4/c1-10(4-2-8-6(11)12)5-3-9-7(13)14/h8-9H,2-5H2,1H3,(H,11,12)(H,13,14). The van der Waals surface area contributed by atoms with Gasteiger partial charge in [-0.2, -0.15) is 0 Å². The average Bonchev–Trinajstić information content (AvgIpc) is 2.02. The lowest BCUT2D eigenvalue weighted by molar-refractivity contribution is 0.191. The van der Waals surface area contributed by atoms with Crippen molar-refractivity contribution >= 4 is 12.2 Å². The zero-order chi connectivity index (χ0) is 11.0. The quantitative estimate of drug-likeness (QED) is 0.466. The van der Waals surface area contributed by atoms with Crippen LogP contribution in [0.4, 0.5) is 9.59 Å². The molecule has 0 radical (unpaired) electrons. The summed E-state index contributed by atoms with van der Waals surface area (Å²) in [6.45, 7) is 1.76. The Morgan fingerprint density at radius 2 is 1.43 bits per heavy atom. The van der Waals surface area contributed by atoms with Crippen molar-refractivity contribution in [3.8, 4) is 0 Å². The number of hydrogen-bond donors (Lipinski definition) is 4. The molecule has 0 aromatic carbocycles. The number of nitrogens with zero attached hydrogens (tertiary/aromatic N) is 1. The van der Waals surface area contributed by atoms with Crippen LogP contribution in [-0.4, -0.2) is 60.5 Å². The first-order valence-electron chi connectivity index (χ1n) is 4.14. The molecule has 0 aliphatic rings. The molecule has 0 aliphatic heterocycles. The van der Waals surface area contributed by atoms with Crippen molar-refractivity contribution in [3.05, 3.63) is 0 Å². The second kappa shape index (κ2) is 6.96. The molecule has 2 amide bonds. The predicted octanol–water partition coefficient (Wildman–Crippen LogP) is -0.547. The second-order valence-corrected chi connectivity index (χ2v) is 2.77. The summed E-state index contributed by atoms with van der Waals surface area (Å²) in [6, 6.07) is 0. The molecule has 7 heteroatoms. The molecule has 0 aromatic rings. The van der Waals surface area contributed by atoms with Crippen molar-refractivity contribution in [2.75, 3.05) is 33.2 Å². The Labute approximate surface area is 81.7 Å². The summed E-state index contributed by atoms with van der Waals surface area (Å²) in [5.74, 6) is 0. The molecule has 0 rings (SSSR count). The van der Waals surface area contributed by atoms with Gasteiger partial charge in [-0.1, -0.05) is 0 Å². The molecule has 0 bridgehead atoms. The van der Waals surface area contributed by atoms with Gasteiger partial charge < -0.3 is 25.7 Å². The zero-order valence-corrected chi connectivity index (χ0v) is 7.99. The number of amides is 2. The number of carboxylic acid groups (broad SMARTS) is 2. The van der Waals surface area contributed by atoms with Gasteiger partial charge in [-0.25, -0.2) is 9.59 Å². The first-order chi connectivity index (χ1) is 6.52. The Morgan fingerprint density at radius 1 is 1.07 bits per heavy atom. The molecule has 0 aliphatic carbocycles. The third-order valence-electron chi connectivity index (χ3n) is 1.54. The fraction of sp³-hybridized carbons (Fsp3) is 0.714. The van der Waals surface area contributed by atoms with Crippen LogP contribution in [0.25, 0.3) is 0 Å². The van der Waals surface area contributed by atoms with Gasteiger partial charge >= 0.3 is 12.2 Å². The molecule has 0 saturated heterocycles. The van der Waals surface area contributed by atoms with Crippen LogP contribution in [0.2, 0.25) is 0 Å². The van der Waals surface area contributed by atoms with E-state index in [-0.39, 0.29) is 0 Å². The Bertz CT molecular complexity index is 177. The van der Waals surface area contributed by atoms with E-state index in [0.29, 0.717) is 26.2 Å². The van der Waals surface area contributed by atoms with Crippen LogP contribution in [0.1, 0.15) is 0 Å². The highest BCUT2D eigenvalue weighted by Gasteiger charge is 2.00. The molecular formula is C7H15N3O4. The third-order valence-corrected chi connectivity index (χ3v) is 1.54. The van der Waals surface area contributed by atoms with Gasteiger partial charge in [-0.15, -0.1) is 0 Å². The Hall–Kier alpha value is -1.50. The maximum absolute atomic E-state index is 10.1. The molecule has 0 saturated carbocycles. The first kappa shape index (κ1) is 12.5. The monoisotopic (exact) mass is 205 g/mol. The molecule has 0 spiro atoms. The van der Waals surface area contributed by atoms with Gasteiger partial charge in [0.15, 0.2) is 0 Å². The smallest absolute Gasteiger partial charge is 0.404 e. The summed E-state index contributed by atoms with van der Waals surface area (Å²) in [5, 5.41) is 20.9. The molecule has 7 nitrogen and oxygen atoms in total. The minimum absolute atomic E-state index is 0.332. The second-order valence-electron chi connectivity index (χ2n) is 2.77. The van der Waals surface area contributed by atoms with E-state index in [0.717, 1.165) is 0 Å². The molecule has 0 aromatic heterocycles. The van der Waals surface area contributed by atoms with Crippen LogP contribution < -0.4 is 10.6 Å². The van der Waals surface area contributed by atoms with Crippen LogP contribution in [0.3, 0.4) is 0 Å². The van der Waals surface area contributed by atoms with Gasteiger partial charge in [0.25, 0.3) is 0 Å². The lowest BCUT2D eigenvalue weighted by Crippen LogP contribution is -2.36. The number of carbonyl (C=O) groups is 2. The van der Waals surface area contributed by atoms with Gasteiger partial charge in [0.1, 0.15) is 0 Å². The summed E-state index contributed by atoms with van der Waals surface area (Å²) in [5.41, 5.74) is 0. The van der Waals surface area contributed by atoms with Gasteiger partial charge in [0.2, 0.25) is 0 Å². The molecule has 82 valence electrons. The van der Waals surface area contributed by atoms with Gasteiger partial charge in [-0.3, -0.25) is 0 Å². The van der Waals surface area contributed by atoms with Crippen LogP contribution in [-0.2, 0) is 0 Å². The molecule has 0 atom stereocenters. The average molecular weight is 205 g/mol. The van der Waals surface area contributed by atoms with Gasteiger partial charge in [-0.05, 0) is 7.05 Å². The minimum Gasteiger partial charge on any atom is -0.465 e. The maximum atomic E-state index is 10.1. The van der Waals surface area contributed by atoms with Crippen LogP contribution in [0.15, 0.2) is 0 Å². The van der Waals surface area contributed by atoms with Crippen molar-refractivity contribution in [1.29, 1.82) is 0 Å². The summed E-state index contributed by atoms with van der Waals surface area (Å²) >= 11 is 0. The fourth-order valence-corrected chi connectivity index (χ4v) is 0.819. The summed E-state index contributed by atoms with van der Waals surface area (Å²) in [6.07, 6.45) is -2.11. The predicted molar refractivity (Wildman–Crippen MR) is 49.6 cm³/mol. The van der Waals surface area contributed by atoms with E-state index < -0.39 is 12.2 Å². The van der Waals surface area contributed by atoms with E-state index in [1.807, 2.05) is 4.90 Å². The maximum Gasteiger partial charge on any atom is 0.404 e. The Morgan fingerprint density at radius 3 is 1.71 bits per heavy atom. The molecule has 0 heterocycles. The summed E-state index contributed by atoms with van der Waals surface area (Å²) in [4.78, 5) is 22.0. The van der Waals surface area contributed by atoms with Crippen molar-refractivity contribution in [2.24, 2.45) is 0 Å². The van der Waals surface area contributed by atoms with Crippen LogP contribution in [0, 0.1) is 0 Å². The number of nitrogens with one attached hydrogen (secondary N) is 2.